The van der Waals surface area contributed by atoms with Crippen LogP contribution in [0.4, 0.5) is 0 Å². The van der Waals surface area contributed by atoms with E-state index >= 15 is 0 Å². The van der Waals surface area contributed by atoms with Crippen molar-refractivity contribution >= 4 is 11.9 Å². The number of rotatable bonds is 2. The number of hydrogen-bond donors (Lipinski definition) is 2. The molecule has 2 atom stereocenters. The molecule has 1 aliphatic carbocycles. The van der Waals surface area contributed by atoms with Gasteiger partial charge in [0.15, 0.2) is 0 Å². The van der Waals surface area contributed by atoms with Crippen LogP contribution in [0.5, 0.6) is 0 Å². The molecule has 0 radical (unpaired) electrons. The van der Waals surface area contributed by atoms with Gasteiger partial charge in [-0.3, -0.25) is 9.59 Å². The Labute approximate surface area is 82.2 Å². The normalized spacial score (nSPS) is 32.2. The molecule has 78 valence electrons. The quantitative estimate of drug-likeness (QED) is 0.659. The Morgan fingerprint density at radius 2 is 2.07 bits per heavy atom. The van der Waals surface area contributed by atoms with Gasteiger partial charge in [-0.25, -0.2) is 0 Å². The molecule has 4 heteroatoms. The molecule has 0 amide bonds. The van der Waals surface area contributed by atoms with E-state index in [1.54, 1.807) is 19.1 Å². The minimum Gasteiger partial charge on any atom is -0.481 e. The first kappa shape index (κ1) is 10.8. The second-order valence-electron chi connectivity index (χ2n) is 3.93. The standard InChI is InChI=1S/C10H14O4/c1-10(9(13)14)5-2-3-7(4-6-10)8(11)12/h2,5,7H,3-4,6H2,1H3,(H,11,12)(H,13,14)/t7-,10+/m0/s1. The number of hydrogen-bond acceptors (Lipinski definition) is 2. The van der Waals surface area contributed by atoms with Crippen molar-refractivity contribution < 1.29 is 19.8 Å². The van der Waals surface area contributed by atoms with Gasteiger partial charge in [0.05, 0.1) is 11.3 Å². The monoisotopic (exact) mass is 198 g/mol. The zero-order valence-electron chi connectivity index (χ0n) is 8.06. The molecule has 0 fully saturated rings. The zero-order chi connectivity index (χ0) is 10.8. The molecule has 0 unspecified atom stereocenters. The van der Waals surface area contributed by atoms with Gasteiger partial charge in [-0.2, -0.15) is 0 Å². The molecule has 4 nitrogen and oxygen atoms in total. The summed E-state index contributed by atoms with van der Waals surface area (Å²) in [5.74, 6) is -2.17. The molecule has 1 aliphatic rings. The van der Waals surface area contributed by atoms with E-state index in [1.165, 1.54) is 0 Å². The van der Waals surface area contributed by atoms with E-state index in [-0.39, 0.29) is 0 Å². The van der Waals surface area contributed by atoms with E-state index in [0.29, 0.717) is 19.3 Å². The summed E-state index contributed by atoms with van der Waals surface area (Å²) in [5.41, 5.74) is -0.899. The Kier molecular flexibility index (Phi) is 2.93. The molecule has 0 saturated carbocycles. The van der Waals surface area contributed by atoms with Crippen molar-refractivity contribution in [2.24, 2.45) is 11.3 Å². The molecule has 0 spiro atoms. The third-order valence-corrected chi connectivity index (χ3v) is 2.76. The van der Waals surface area contributed by atoms with E-state index in [4.69, 9.17) is 10.2 Å². The van der Waals surface area contributed by atoms with Crippen molar-refractivity contribution in [2.75, 3.05) is 0 Å². The number of carboxylic acid groups (broad SMARTS) is 2. The van der Waals surface area contributed by atoms with Crippen molar-refractivity contribution in [3.05, 3.63) is 12.2 Å². The van der Waals surface area contributed by atoms with Crippen LogP contribution in [-0.2, 0) is 9.59 Å². The zero-order valence-corrected chi connectivity index (χ0v) is 8.06. The number of carbonyl (C=O) groups is 2. The van der Waals surface area contributed by atoms with Crippen LogP contribution < -0.4 is 0 Å². The fraction of sp³-hybridized carbons (Fsp3) is 0.600. The van der Waals surface area contributed by atoms with Crippen molar-refractivity contribution in [2.45, 2.75) is 26.2 Å². The van der Waals surface area contributed by atoms with Gasteiger partial charge in [-0.1, -0.05) is 12.2 Å². The van der Waals surface area contributed by atoms with Crippen LogP contribution in [0.2, 0.25) is 0 Å². The van der Waals surface area contributed by atoms with Crippen molar-refractivity contribution in [3.8, 4) is 0 Å². The summed E-state index contributed by atoms with van der Waals surface area (Å²) in [5, 5.41) is 17.7. The van der Waals surface area contributed by atoms with Crippen LogP contribution in [0.1, 0.15) is 26.2 Å². The van der Waals surface area contributed by atoms with Gasteiger partial charge >= 0.3 is 11.9 Å². The summed E-state index contributed by atoms with van der Waals surface area (Å²) < 4.78 is 0. The Morgan fingerprint density at radius 3 is 2.57 bits per heavy atom. The van der Waals surface area contributed by atoms with E-state index in [0.717, 1.165) is 0 Å². The fourth-order valence-electron chi connectivity index (χ4n) is 1.57. The third kappa shape index (κ3) is 2.13. The first-order valence-corrected chi connectivity index (χ1v) is 4.59. The highest BCUT2D eigenvalue weighted by molar-refractivity contribution is 5.77. The fourth-order valence-corrected chi connectivity index (χ4v) is 1.57. The lowest BCUT2D eigenvalue weighted by Gasteiger charge is -2.19. The van der Waals surface area contributed by atoms with Crippen LogP contribution in [0.25, 0.3) is 0 Å². The molecule has 0 bridgehead atoms. The Hall–Kier alpha value is -1.32. The molecule has 0 aliphatic heterocycles. The van der Waals surface area contributed by atoms with Gasteiger partial charge in [-0.05, 0) is 26.2 Å². The average Bonchev–Trinajstić information content (AvgIpc) is 2.28. The summed E-state index contributed by atoms with van der Waals surface area (Å²) in [7, 11) is 0. The maximum absolute atomic E-state index is 10.9. The van der Waals surface area contributed by atoms with Crippen molar-refractivity contribution in [1.29, 1.82) is 0 Å². The lowest BCUT2D eigenvalue weighted by atomic mass is 9.85. The predicted octanol–water partition coefficient (Wildman–Crippen LogP) is 1.52. The topological polar surface area (TPSA) is 74.6 Å². The average molecular weight is 198 g/mol. The van der Waals surface area contributed by atoms with Crippen molar-refractivity contribution in [3.63, 3.8) is 0 Å². The van der Waals surface area contributed by atoms with Crippen LogP contribution >= 0.6 is 0 Å². The van der Waals surface area contributed by atoms with Crippen LogP contribution in [-0.4, -0.2) is 22.2 Å². The lowest BCUT2D eigenvalue weighted by molar-refractivity contribution is -0.147. The summed E-state index contributed by atoms with van der Waals surface area (Å²) >= 11 is 0. The van der Waals surface area contributed by atoms with E-state index in [9.17, 15) is 9.59 Å². The summed E-state index contributed by atoms with van der Waals surface area (Å²) in [6.07, 6.45) is 4.51. The largest absolute Gasteiger partial charge is 0.481 e. The van der Waals surface area contributed by atoms with Crippen LogP contribution in [0, 0.1) is 11.3 Å². The minimum atomic E-state index is -0.899. The van der Waals surface area contributed by atoms with E-state index < -0.39 is 23.3 Å². The van der Waals surface area contributed by atoms with Gasteiger partial charge in [0.25, 0.3) is 0 Å². The molecule has 0 aromatic carbocycles. The molecule has 14 heavy (non-hydrogen) atoms. The summed E-state index contributed by atoms with van der Waals surface area (Å²) in [6, 6.07) is 0. The summed E-state index contributed by atoms with van der Waals surface area (Å²) in [4.78, 5) is 21.6. The first-order valence-electron chi connectivity index (χ1n) is 4.59. The summed E-state index contributed by atoms with van der Waals surface area (Å²) in [6.45, 7) is 1.62. The second-order valence-corrected chi connectivity index (χ2v) is 3.93. The smallest absolute Gasteiger partial charge is 0.313 e. The van der Waals surface area contributed by atoms with Gasteiger partial charge in [0, 0.05) is 0 Å². The van der Waals surface area contributed by atoms with Gasteiger partial charge in [-0.15, -0.1) is 0 Å². The molecule has 0 aromatic heterocycles. The maximum Gasteiger partial charge on any atom is 0.313 e. The minimum absolute atomic E-state index is 0.385. The second kappa shape index (κ2) is 3.82. The SMILES string of the molecule is C[C@@]1(C(=O)O)C=CC[C@H](C(=O)O)CC1. The number of carboxylic acids is 2. The van der Waals surface area contributed by atoms with Gasteiger partial charge < -0.3 is 10.2 Å². The third-order valence-electron chi connectivity index (χ3n) is 2.76. The lowest BCUT2D eigenvalue weighted by Crippen LogP contribution is -2.25. The van der Waals surface area contributed by atoms with E-state index in [1.807, 2.05) is 0 Å². The highest BCUT2D eigenvalue weighted by atomic mass is 16.4. The Bertz CT molecular complexity index is 282. The van der Waals surface area contributed by atoms with E-state index in [2.05, 4.69) is 0 Å². The molecule has 0 heterocycles. The first-order chi connectivity index (χ1) is 6.46. The molecule has 0 aromatic rings. The number of allylic oxidation sites excluding steroid dienone is 1. The van der Waals surface area contributed by atoms with Gasteiger partial charge in [0.2, 0.25) is 0 Å². The highest BCUT2D eigenvalue weighted by Gasteiger charge is 2.33. The number of aliphatic carboxylic acids is 2. The predicted molar refractivity (Wildman–Crippen MR) is 49.9 cm³/mol. The maximum atomic E-state index is 10.9. The van der Waals surface area contributed by atoms with Crippen molar-refractivity contribution in [1.82, 2.24) is 0 Å². The molecule has 1 rings (SSSR count). The highest BCUT2D eigenvalue weighted by Crippen LogP contribution is 2.32. The van der Waals surface area contributed by atoms with Gasteiger partial charge in [0.1, 0.15) is 0 Å². The molecular formula is C10H14O4. The Morgan fingerprint density at radius 1 is 1.43 bits per heavy atom. The van der Waals surface area contributed by atoms with Crippen LogP contribution in [0.3, 0.4) is 0 Å². The molecule has 0 saturated heterocycles. The van der Waals surface area contributed by atoms with Crippen LogP contribution in [0.15, 0.2) is 12.2 Å². The molecule has 2 N–H and O–H groups in total. The molecular weight excluding hydrogens is 184 g/mol. The Balaban J connectivity index is 2.75.